The first-order valence-electron chi connectivity index (χ1n) is 12.8. The number of anilines is 3. The van der Waals surface area contributed by atoms with Gasteiger partial charge in [0, 0.05) is 68.6 Å². The van der Waals surface area contributed by atoms with Crippen molar-refractivity contribution in [3.8, 4) is 22.9 Å². The number of benzene rings is 1. The molecule has 2 aliphatic heterocycles. The third kappa shape index (κ3) is 4.74. The average molecular weight is 505 g/mol. The summed E-state index contributed by atoms with van der Waals surface area (Å²) in [5, 5.41) is 18.2. The summed E-state index contributed by atoms with van der Waals surface area (Å²) >= 11 is 0. The molecule has 4 heterocycles. The zero-order valence-corrected chi connectivity index (χ0v) is 20.9. The van der Waals surface area contributed by atoms with E-state index in [1.54, 1.807) is 7.11 Å². The van der Waals surface area contributed by atoms with Gasteiger partial charge in [-0.05, 0) is 37.1 Å². The van der Waals surface area contributed by atoms with Gasteiger partial charge in [0.25, 0.3) is 0 Å². The molecule has 1 aliphatic carbocycles. The van der Waals surface area contributed by atoms with E-state index in [9.17, 15) is 5.11 Å². The highest BCUT2D eigenvalue weighted by Crippen LogP contribution is 2.40. The summed E-state index contributed by atoms with van der Waals surface area (Å²) < 4.78 is 16.8. The molecule has 6 rings (SSSR count). The lowest BCUT2D eigenvalue weighted by Gasteiger charge is -2.43. The van der Waals surface area contributed by atoms with Crippen LogP contribution in [0.1, 0.15) is 25.7 Å². The number of fused-ring (bicyclic) bond motifs is 2. The molecule has 0 amide bonds. The number of pyridine rings is 1. The minimum absolute atomic E-state index is 0.0488. The number of para-hydroxylation sites is 1. The van der Waals surface area contributed by atoms with Crippen LogP contribution in [0.15, 0.2) is 48.7 Å². The van der Waals surface area contributed by atoms with E-state index in [4.69, 9.17) is 19.9 Å². The van der Waals surface area contributed by atoms with Gasteiger partial charge in [0.2, 0.25) is 5.88 Å². The van der Waals surface area contributed by atoms with Crippen molar-refractivity contribution in [2.45, 2.75) is 50.0 Å². The van der Waals surface area contributed by atoms with Crippen LogP contribution in [-0.4, -0.2) is 71.6 Å². The second-order valence-electron chi connectivity index (χ2n) is 9.96. The monoisotopic (exact) mass is 504 g/mol. The highest BCUT2D eigenvalue weighted by atomic mass is 16.7. The Kier molecular flexibility index (Phi) is 6.43. The highest BCUT2D eigenvalue weighted by Gasteiger charge is 2.41. The molecule has 10 heteroatoms. The topological polar surface area (TPSA) is 119 Å². The van der Waals surface area contributed by atoms with Crippen LogP contribution < -0.4 is 25.0 Å². The molecule has 1 saturated carbocycles. The molecule has 2 aromatic heterocycles. The third-order valence-electron chi connectivity index (χ3n) is 7.49. The number of piperazine rings is 1. The van der Waals surface area contributed by atoms with Crippen LogP contribution in [0.3, 0.4) is 0 Å². The quantitative estimate of drug-likeness (QED) is 0.443. The van der Waals surface area contributed by atoms with Crippen molar-refractivity contribution in [1.82, 2.24) is 15.2 Å². The van der Waals surface area contributed by atoms with Crippen LogP contribution in [0.5, 0.6) is 11.6 Å². The number of aliphatic hydroxyl groups is 1. The molecule has 2 atom stereocenters. The lowest BCUT2D eigenvalue weighted by Crippen LogP contribution is -2.54. The first-order chi connectivity index (χ1) is 18.1. The molecule has 10 nitrogen and oxygen atoms in total. The number of hydrogen-bond donors (Lipinski definition) is 2. The Hall–Kier alpha value is -3.63. The fourth-order valence-electron chi connectivity index (χ4n) is 5.65. The van der Waals surface area contributed by atoms with Crippen molar-refractivity contribution >= 4 is 17.2 Å². The number of methoxy groups -OCH3 is 1. The van der Waals surface area contributed by atoms with Gasteiger partial charge in [-0.1, -0.05) is 12.1 Å². The van der Waals surface area contributed by atoms with Gasteiger partial charge < -0.3 is 34.9 Å². The molecule has 0 radical (unpaired) electrons. The number of nitrogen functional groups attached to an aromatic ring is 1. The van der Waals surface area contributed by atoms with E-state index < -0.39 is 0 Å². The van der Waals surface area contributed by atoms with Crippen molar-refractivity contribution in [2.24, 2.45) is 0 Å². The van der Waals surface area contributed by atoms with Crippen molar-refractivity contribution in [3.05, 3.63) is 48.7 Å². The first-order valence-corrected chi connectivity index (χ1v) is 12.8. The Morgan fingerprint density at radius 2 is 1.84 bits per heavy atom. The Morgan fingerprint density at radius 1 is 1.05 bits per heavy atom. The summed E-state index contributed by atoms with van der Waals surface area (Å²) in [6.45, 7) is 1.82. The number of aliphatic hydroxyl groups excluding tert-OH is 1. The van der Waals surface area contributed by atoms with Crippen LogP contribution in [0.25, 0.3) is 11.3 Å². The van der Waals surface area contributed by atoms with Crippen LogP contribution in [0.4, 0.5) is 17.2 Å². The lowest BCUT2D eigenvalue weighted by molar-refractivity contribution is -0.0128. The predicted molar refractivity (Wildman–Crippen MR) is 140 cm³/mol. The second kappa shape index (κ2) is 10.0. The maximum Gasteiger partial charge on any atom is 0.215 e. The molecule has 194 valence electrons. The Labute approximate surface area is 216 Å². The van der Waals surface area contributed by atoms with E-state index in [-0.39, 0.29) is 19.0 Å². The third-order valence-corrected chi connectivity index (χ3v) is 7.49. The van der Waals surface area contributed by atoms with Crippen LogP contribution >= 0.6 is 0 Å². The highest BCUT2D eigenvalue weighted by molar-refractivity contribution is 5.74. The van der Waals surface area contributed by atoms with Gasteiger partial charge in [-0.25, -0.2) is 4.98 Å². The maximum atomic E-state index is 9.56. The summed E-state index contributed by atoms with van der Waals surface area (Å²) in [5.41, 5.74) is 9.92. The zero-order chi connectivity index (χ0) is 25.4. The van der Waals surface area contributed by atoms with Crippen LogP contribution in [0.2, 0.25) is 0 Å². The van der Waals surface area contributed by atoms with Gasteiger partial charge in [-0.3, -0.25) is 0 Å². The van der Waals surface area contributed by atoms with Crippen molar-refractivity contribution in [2.75, 3.05) is 42.5 Å². The molecule has 37 heavy (non-hydrogen) atoms. The normalized spacial score (nSPS) is 24.6. The second-order valence-corrected chi connectivity index (χ2v) is 9.96. The SMILES string of the molecule is COCOc1ccccc1-c1cc(N2CC3CC[C@@H](C2)N3c2ccnc(OC3CC(O)C3)c2)c(N)nn1. The molecule has 3 aromatic rings. The fraction of sp³-hybridized carbons (Fsp3) is 0.444. The molecule has 3 aliphatic rings. The van der Waals surface area contributed by atoms with E-state index in [1.165, 1.54) is 0 Å². The number of nitrogens with zero attached hydrogens (tertiary/aromatic N) is 5. The summed E-state index contributed by atoms with van der Waals surface area (Å²) in [6, 6.07) is 14.5. The molecular weight excluding hydrogens is 472 g/mol. The molecular formula is C27H32N6O4. The van der Waals surface area contributed by atoms with Gasteiger partial charge in [0.05, 0.1) is 17.5 Å². The largest absolute Gasteiger partial charge is 0.474 e. The van der Waals surface area contributed by atoms with Crippen molar-refractivity contribution in [1.29, 1.82) is 0 Å². The van der Waals surface area contributed by atoms with Crippen molar-refractivity contribution < 1.29 is 19.3 Å². The van der Waals surface area contributed by atoms with Gasteiger partial charge >= 0.3 is 0 Å². The van der Waals surface area contributed by atoms with Gasteiger partial charge in [0.15, 0.2) is 12.6 Å². The molecule has 3 N–H and O–H groups in total. The van der Waals surface area contributed by atoms with E-state index >= 15 is 0 Å². The van der Waals surface area contributed by atoms with Crippen molar-refractivity contribution in [3.63, 3.8) is 0 Å². The molecule has 1 unspecified atom stereocenters. The maximum absolute atomic E-state index is 9.56. The summed E-state index contributed by atoms with van der Waals surface area (Å²) in [4.78, 5) is 9.23. The average Bonchev–Trinajstić information content (AvgIpc) is 3.16. The number of rotatable bonds is 8. The van der Waals surface area contributed by atoms with E-state index in [2.05, 4.69) is 31.0 Å². The molecule has 0 spiro atoms. The smallest absolute Gasteiger partial charge is 0.215 e. The minimum Gasteiger partial charge on any atom is -0.474 e. The Balaban J connectivity index is 1.21. The molecule has 2 saturated heterocycles. The molecule has 2 bridgehead atoms. The number of hydrogen-bond acceptors (Lipinski definition) is 10. The van der Waals surface area contributed by atoms with Crippen LogP contribution in [0, 0.1) is 0 Å². The standard InChI is InChI=1S/C27H32N6O4/c1-35-16-36-25-5-3-2-4-22(25)23-13-24(27(28)31-30-23)32-14-18-6-7-19(15-32)33(18)17-8-9-29-26(10-17)37-21-11-20(34)12-21/h2-5,8-10,13,18-21,34H,6-7,11-12,14-16H2,1H3,(H2,28,31)/t18-,19?,20?,21?/m0/s1. The fourth-order valence-corrected chi connectivity index (χ4v) is 5.65. The number of ether oxygens (including phenoxy) is 3. The first kappa shape index (κ1) is 23.7. The van der Waals surface area contributed by atoms with E-state index in [0.717, 1.165) is 42.9 Å². The summed E-state index contributed by atoms with van der Waals surface area (Å²) in [6.07, 6.45) is 5.16. The Morgan fingerprint density at radius 3 is 2.59 bits per heavy atom. The van der Waals surface area contributed by atoms with E-state index in [0.29, 0.717) is 48.1 Å². The molecule has 3 fully saturated rings. The molecule has 1 aromatic carbocycles. The van der Waals surface area contributed by atoms with Gasteiger partial charge in [-0.2, -0.15) is 0 Å². The van der Waals surface area contributed by atoms with E-state index in [1.807, 2.05) is 42.6 Å². The van der Waals surface area contributed by atoms with Crippen LogP contribution in [-0.2, 0) is 4.74 Å². The predicted octanol–water partition coefficient (Wildman–Crippen LogP) is 2.86. The summed E-state index contributed by atoms with van der Waals surface area (Å²) in [5.74, 6) is 1.73. The van der Waals surface area contributed by atoms with Gasteiger partial charge in [-0.15, -0.1) is 10.2 Å². The minimum atomic E-state index is -0.251. The number of aromatic nitrogens is 3. The lowest BCUT2D eigenvalue weighted by atomic mass is 9.92. The number of nitrogens with two attached hydrogens (primary N) is 1. The summed E-state index contributed by atoms with van der Waals surface area (Å²) in [7, 11) is 1.59. The zero-order valence-electron chi connectivity index (χ0n) is 20.9. The Bertz CT molecular complexity index is 1240. The van der Waals surface area contributed by atoms with Gasteiger partial charge in [0.1, 0.15) is 11.9 Å².